The third-order valence-corrected chi connectivity index (χ3v) is 3.89. The van der Waals surface area contributed by atoms with Crippen LogP contribution in [-0.4, -0.2) is 54.2 Å². The van der Waals surface area contributed by atoms with E-state index < -0.39 is 24.0 Å². The van der Waals surface area contributed by atoms with Crippen LogP contribution in [0.3, 0.4) is 0 Å². The molecule has 0 heterocycles. The van der Waals surface area contributed by atoms with Gasteiger partial charge in [0.15, 0.2) is 0 Å². The van der Waals surface area contributed by atoms with Gasteiger partial charge >= 0.3 is 18.0 Å². The van der Waals surface area contributed by atoms with Crippen LogP contribution >= 0.6 is 0 Å². The van der Waals surface area contributed by atoms with E-state index in [0.717, 1.165) is 25.7 Å². The Morgan fingerprint density at radius 1 is 1.24 bits per heavy atom. The normalized spacial score (nSPS) is 17.4. The minimum Gasteiger partial charge on any atom is -0.480 e. The van der Waals surface area contributed by atoms with E-state index in [1.807, 2.05) is 0 Å². The first-order valence-corrected chi connectivity index (χ1v) is 7.28. The summed E-state index contributed by atoms with van der Waals surface area (Å²) in [6.45, 7) is 0. The highest BCUT2D eigenvalue weighted by molar-refractivity contribution is 5.86. The summed E-state index contributed by atoms with van der Waals surface area (Å²) in [5.74, 6) is -1.91. The number of methoxy groups -OCH3 is 1. The summed E-state index contributed by atoms with van der Waals surface area (Å²) in [6.07, 6.45) is 5.98. The molecular formula is C14H24N2O5. The number of nitrogens with zero attached hydrogens (tertiary/aromatic N) is 1. The molecule has 120 valence electrons. The molecule has 0 unspecified atom stereocenters. The number of nitrogens with one attached hydrogen (secondary N) is 1. The molecule has 1 fully saturated rings. The molecule has 0 aromatic carbocycles. The van der Waals surface area contributed by atoms with Gasteiger partial charge in [0.1, 0.15) is 6.04 Å². The molecule has 7 heteroatoms. The predicted molar refractivity (Wildman–Crippen MR) is 75.8 cm³/mol. The lowest BCUT2D eigenvalue weighted by Gasteiger charge is -2.28. The van der Waals surface area contributed by atoms with Gasteiger partial charge in [-0.05, 0) is 12.8 Å². The van der Waals surface area contributed by atoms with E-state index in [2.05, 4.69) is 10.1 Å². The molecule has 7 nitrogen and oxygen atoms in total. The molecule has 0 aromatic rings. The summed E-state index contributed by atoms with van der Waals surface area (Å²) >= 11 is 0. The SMILES string of the molecule is COC(=O)C[C@H](NC(=O)N(C)C1CCCCCC1)C(=O)O. The van der Waals surface area contributed by atoms with Crippen molar-refractivity contribution in [3.63, 3.8) is 0 Å². The van der Waals surface area contributed by atoms with E-state index in [0.29, 0.717) is 0 Å². The second-order valence-electron chi connectivity index (χ2n) is 5.38. The number of carboxylic acid groups (broad SMARTS) is 1. The van der Waals surface area contributed by atoms with E-state index in [4.69, 9.17) is 5.11 Å². The molecule has 0 spiro atoms. The second kappa shape index (κ2) is 8.49. The average Bonchev–Trinajstić information content (AvgIpc) is 2.74. The number of hydrogen-bond acceptors (Lipinski definition) is 4. The lowest BCUT2D eigenvalue weighted by Crippen LogP contribution is -2.50. The van der Waals surface area contributed by atoms with Crippen molar-refractivity contribution < 1.29 is 24.2 Å². The molecule has 0 radical (unpaired) electrons. The Morgan fingerprint density at radius 2 is 1.81 bits per heavy atom. The van der Waals surface area contributed by atoms with Gasteiger partial charge in [0.2, 0.25) is 0 Å². The summed E-state index contributed by atoms with van der Waals surface area (Å²) in [6, 6.07) is -1.60. The van der Waals surface area contributed by atoms with Gasteiger partial charge in [0.05, 0.1) is 13.5 Å². The first-order valence-electron chi connectivity index (χ1n) is 7.28. The maximum absolute atomic E-state index is 12.1. The number of urea groups is 1. The summed E-state index contributed by atoms with van der Waals surface area (Å²) in [5, 5.41) is 11.4. The van der Waals surface area contributed by atoms with Crippen molar-refractivity contribution >= 4 is 18.0 Å². The lowest BCUT2D eigenvalue weighted by molar-refractivity contribution is -0.147. The number of amides is 2. The Labute approximate surface area is 124 Å². The van der Waals surface area contributed by atoms with E-state index in [1.54, 1.807) is 11.9 Å². The number of rotatable bonds is 5. The number of esters is 1. The van der Waals surface area contributed by atoms with E-state index in [9.17, 15) is 14.4 Å². The van der Waals surface area contributed by atoms with Crippen molar-refractivity contribution in [3.05, 3.63) is 0 Å². The van der Waals surface area contributed by atoms with Crippen LogP contribution in [0.1, 0.15) is 44.9 Å². The van der Waals surface area contributed by atoms with Crippen LogP contribution in [0.25, 0.3) is 0 Å². The Hall–Kier alpha value is -1.79. The standard InChI is InChI=1S/C14H24N2O5/c1-16(10-7-5-3-4-6-8-10)14(20)15-11(13(18)19)9-12(17)21-2/h10-11H,3-9H2,1-2H3,(H,15,20)(H,18,19)/t11-/m0/s1. The van der Waals surface area contributed by atoms with Crippen LogP contribution in [0.4, 0.5) is 4.79 Å². The summed E-state index contributed by atoms with van der Waals surface area (Å²) in [4.78, 5) is 36.0. The quantitative estimate of drug-likeness (QED) is 0.590. The third kappa shape index (κ3) is 5.61. The summed E-state index contributed by atoms with van der Waals surface area (Å²) < 4.78 is 4.44. The first-order chi connectivity index (χ1) is 9.95. The molecule has 1 aliphatic rings. The van der Waals surface area contributed by atoms with Crippen LogP contribution in [0, 0.1) is 0 Å². The molecule has 1 atom stereocenters. The molecule has 0 aliphatic heterocycles. The van der Waals surface area contributed by atoms with E-state index in [-0.39, 0.29) is 12.5 Å². The van der Waals surface area contributed by atoms with Gasteiger partial charge in [0.25, 0.3) is 0 Å². The van der Waals surface area contributed by atoms with Crippen molar-refractivity contribution in [2.75, 3.05) is 14.2 Å². The van der Waals surface area contributed by atoms with Crippen LogP contribution in [0.2, 0.25) is 0 Å². The number of carbonyl (C=O) groups is 3. The highest BCUT2D eigenvalue weighted by Crippen LogP contribution is 2.21. The van der Waals surface area contributed by atoms with Crippen molar-refractivity contribution in [2.24, 2.45) is 0 Å². The van der Waals surface area contributed by atoms with E-state index in [1.165, 1.54) is 20.0 Å². The van der Waals surface area contributed by atoms with Crippen molar-refractivity contribution in [1.29, 1.82) is 0 Å². The van der Waals surface area contributed by atoms with Crippen molar-refractivity contribution in [1.82, 2.24) is 10.2 Å². The fourth-order valence-corrected chi connectivity index (χ4v) is 2.51. The fourth-order valence-electron chi connectivity index (χ4n) is 2.51. The number of carboxylic acids is 1. The molecule has 1 saturated carbocycles. The Bertz CT molecular complexity index is 378. The molecule has 0 saturated heterocycles. The zero-order chi connectivity index (χ0) is 15.8. The third-order valence-electron chi connectivity index (χ3n) is 3.89. The van der Waals surface area contributed by atoms with Gasteiger partial charge in [-0.3, -0.25) is 4.79 Å². The topological polar surface area (TPSA) is 95.9 Å². The molecule has 1 aliphatic carbocycles. The Kier molecular flexibility index (Phi) is 6.98. The minimum absolute atomic E-state index is 0.125. The highest BCUT2D eigenvalue weighted by Gasteiger charge is 2.27. The predicted octanol–water partition coefficient (Wildman–Crippen LogP) is 1.37. The van der Waals surface area contributed by atoms with Crippen LogP contribution in [-0.2, 0) is 14.3 Å². The Morgan fingerprint density at radius 3 is 2.29 bits per heavy atom. The van der Waals surface area contributed by atoms with Crippen LogP contribution in [0.15, 0.2) is 0 Å². The number of ether oxygens (including phenoxy) is 1. The monoisotopic (exact) mass is 300 g/mol. The van der Waals surface area contributed by atoms with Gasteiger partial charge in [-0.25, -0.2) is 9.59 Å². The minimum atomic E-state index is -1.27. The van der Waals surface area contributed by atoms with E-state index >= 15 is 0 Å². The fraction of sp³-hybridized carbons (Fsp3) is 0.786. The van der Waals surface area contributed by atoms with Crippen molar-refractivity contribution in [3.8, 4) is 0 Å². The molecule has 2 N–H and O–H groups in total. The van der Waals surface area contributed by atoms with Gasteiger partial charge in [-0.15, -0.1) is 0 Å². The molecular weight excluding hydrogens is 276 g/mol. The zero-order valence-electron chi connectivity index (χ0n) is 12.6. The van der Waals surface area contributed by atoms with Gasteiger partial charge in [-0.2, -0.15) is 0 Å². The highest BCUT2D eigenvalue weighted by atomic mass is 16.5. The second-order valence-corrected chi connectivity index (χ2v) is 5.38. The summed E-state index contributed by atoms with van der Waals surface area (Å²) in [7, 11) is 2.85. The maximum Gasteiger partial charge on any atom is 0.326 e. The largest absolute Gasteiger partial charge is 0.480 e. The number of carbonyl (C=O) groups excluding carboxylic acids is 2. The molecule has 1 rings (SSSR count). The van der Waals surface area contributed by atoms with Gasteiger partial charge in [-0.1, -0.05) is 25.7 Å². The van der Waals surface area contributed by atoms with Gasteiger partial charge < -0.3 is 20.1 Å². The van der Waals surface area contributed by atoms with Gasteiger partial charge in [0, 0.05) is 13.1 Å². The number of hydrogen-bond donors (Lipinski definition) is 2. The molecule has 21 heavy (non-hydrogen) atoms. The molecule has 2 amide bonds. The first kappa shape index (κ1) is 17.3. The zero-order valence-corrected chi connectivity index (χ0v) is 12.6. The number of aliphatic carboxylic acids is 1. The average molecular weight is 300 g/mol. The maximum atomic E-state index is 12.1. The van der Waals surface area contributed by atoms with Crippen LogP contribution in [0.5, 0.6) is 0 Å². The molecule has 0 bridgehead atoms. The summed E-state index contributed by atoms with van der Waals surface area (Å²) in [5.41, 5.74) is 0. The smallest absolute Gasteiger partial charge is 0.326 e. The van der Waals surface area contributed by atoms with Crippen LogP contribution < -0.4 is 5.32 Å². The molecule has 0 aromatic heterocycles. The lowest BCUT2D eigenvalue weighted by atomic mass is 10.1. The Balaban J connectivity index is 2.58. The van der Waals surface area contributed by atoms with Crippen molar-refractivity contribution in [2.45, 2.75) is 57.0 Å².